The van der Waals surface area contributed by atoms with E-state index in [1.807, 2.05) is 12.1 Å². The minimum atomic E-state index is -1.30. The van der Waals surface area contributed by atoms with Crippen molar-refractivity contribution in [3.63, 3.8) is 0 Å². The van der Waals surface area contributed by atoms with Gasteiger partial charge < -0.3 is 14.6 Å². The Morgan fingerprint density at radius 3 is 2.39 bits per heavy atom. The average molecular weight is 531 g/mol. The molecule has 0 bridgehead atoms. The molecule has 2 aromatic carbocycles. The van der Waals surface area contributed by atoms with Crippen molar-refractivity contribution in [2.24, 2.45) is 0 Å². The lowest BCUT2D eigenvalue weighted by molar-refractivity contribution is 0.0663. The Hall–Kier alpha value is -2.28. The van der Waals surface area contributed by atoms with E-state index in [1.54, 1.807) is 18.2 Å². The van der Waals surface area contributed by atoms with Gasteiger partial charge in [-0.2, -0.15) is 0 Å². The van der Waals surface area contributed by atoms with Gasteiger partial charge in [0.25, 0.3) is 0 Å². The normalized spacial score (nSPS) is 13.1. The molecule has 3 rings (SSSR count). The molecular weight excluding hydrogens is 496 g/mol. The Kier molecular flexibility index (Phi) is 10.9. The molecule has 0 saturated carbocycles. The van der Waals surface area contributed by atoms with Crippen LogP contribution in [0.5, 0.6) is 0 Å². The van der Waals surface area contributed by atoms with Crippen molar-refractivity contribution in [2.45, 2.75) is 81.0 Å². The van der Waals surface area contributed by atoms with Crippen LogP contribution in [-0.4, -0.2) is 27.0 Å². The van der Waals surface area contributed by atoms with E-state index >= 15 is 0 Å². The zero-order valence-corrected chi connectivity index (χ0v) is 22.4. The zero-order valence-electron chi connectivity index (χ0n) is 20.8. The predicted molar refractivity (Wildman–Crippen MR) is 147 cm³/mol. The summed E-state index contributed by atoms with van der Waals surface area (Å²) in [4.78, 5) is 23.1. The van der Waals surface area contributed by atoms with Crippen molar-refractivity contribution in [3.05, 3.63) is 75.6 Å². The van der Waals surface area contributed by atoms with E-state index in [0.717, 1.165) is 24.5 Å². The summed E-state index contributed by atoms with van der Waals surface area (Å²) in [5.74, 6) is -1.43. The Balaban J connectivity index is 1.74. The molecule has 0 aliphatic heterocycles. The molecule has 0 radical (unpaired) electrons. The number of rotatable bonds is 15. The third kappa shape index (κ3) is 8.12. The topological polar surface area (TPSA) is 87.7 Å². The first kappa shape index (κ1) is 28.3. The molecule has 0 aliphatic rings. The summed E-state index contributed by atoms with van der Waals surface area (Å²) in [5, 5.41) is 21.1. The molecule has 0 fully saturated rings. The second-order valence-corrected chi connectivity index (χ2v) is 11.1. The van der Waals surface area contributed by atoms with Crippen LogP contribution in [0.1, 0.15) is 80.0 Å². The summed E-state index contributed by atoms with van der Waals surface area (Å²) in [6.07, 6.45) is 10.5. The van der Waals surface area contributed by atoms with Crippen molar-refractivity contribution in [1.29, 1.82) is 0 Å². The van der Waals surface area contributed by atoms with Gasteiger partial charge in [-0.25, -0.2) is 4.79 Å². The molecule has 0 unspecified atom stereocenters. The van der Waals surface area contributed by atoms with Gasteiger partial charge in [-0.05, 0) is 48.6 Å². The number of carboxylic acid groups (broad SMARTS) is 1. The zero-order chi connectivity index (χ0) is 26.0. The molecule has 1 atom stereocenters. The van der Waals surface area contributed by atoms with E-state index in [4.69, 9.17) is 16.0 Å². The molecule has 36 heavy (non-hydrogen) atoms. The molecule has 0 amide bonds. The van der Waals surface area contributed by atoms with E-state index in [9.17, 15) is 19.8 Å². The van der Waals surface area contributed by atoms with Crippen molar-refractivity contribution in [3.8, 4) is 0 Å². The molecule has 0 saturated heterocycles. The minimum Gasteiger partial charge on any atom is -0.475 e. The molecule has 2 N–H and O–H groups in total. The second-order valence-electron chi connectivity index (χ2n) is 9.24. The first-order valence-corrected chi connectivity index (χ1v) is 14.1. The number of fused-ring (bicyclic) bond motifs is 1. The molecule has 1 aromatic heterocycles. The van der Waals surface area contributed by atoms with Crippen LogP contribution in [0.25, 0.3) is 11.0 Å². The van der Waals surface area contributed by atoms with Crippen molar-refractivity contribution >= 4 is 40.3 Å². The summed E-state index contributed by atoms with van der Waals surface area (Å²) in [6, 6.07) is 14.2. The number of hydrogen-bond donors (Lipinski definition) is 2. The van der Waals surface area contributed by atoms with Crippen molar-refractivity contribution in [2.75, 3.05) is 5.88 Å². The number of aromatic carboxylic acids is 1. The van der Waals surface area contributed by atoms with Crippen LogP contribution in [0.2, 0.25) is 0 Å². The van der Waals surface area contributed by atoms with Gasteiger partial charge in [-0.3, -0.25) is 4.79 Å². The fourth-order valence-electron chi connectivity index (χ4n) is 4.39. The number of carbonyl (C=O) groups is 1. The minimum absolute atomic E-state index is 0.178. The maximum absolute atomic E-state index is 12.3. The molecule has 194 valence electrons. The molecule has 0 aliphatic carbocycles. The quantitative estimate of drug-likeness (QED) is 0.0918. The van der Waals surface area contributed by atoms with E-state index in [-0.39, 0.29) is 11.5 Å². The van der Waals surface area contributed by atoms with Gasteiger partial charge in [-0.15, -0.1) is 11.6 Å². The highest BCUT2D eigenvalue weighted by atomic mass is 35.5. The van der Waals surface area contributed by atoms with E-state index < -0.39 is 22.1 Å². The van der Waals surface area contributed by atoms with Crippen LogP contribution in [0.3, 0.4) is 0 Å². The number of thioether (sulfide) groups is 1. The lowest BCUT2D eigenvalue weighted by atomic mass is 9.96. The van der Waals surface area contributed by atoms with Crippen LogP contribution in [-0.2, 0) is 12.8 Å². The van der Waals surface area contributed by atoms with Gasteiger partial charge in [-0.1, -0.05) is 81.5 Å². The van der Waals surface area contributed by atoms with Crippen LogP contribution in [0.15, 0.2) is 62.6 Å². The standard InChI is InChI=1S/C29H35ClO5S/c1-2-3-4-5-6-7-8-11-21-12-9-10-13-22(21)20-29(34,16-17-30)36-23-14-15-24-25(31)19-27(28(32)33)35-26(24)18-23/h9-10,12-15,18-19,34H,2-8,11,16-17,20H2,1H3,(H,32,33)/t29-/m1/s1. The van der Waals surface area contributed by atoms with E-state index in [0.29, 0.717) is 23.1 Å². The summed E-state index contributed by atoms with van der Waals surface area (Å²) in [7, 11) is 0. The van der Waals surface area contributed by atoms with Gasteiger partial charge >= 0.3 is 5.97 Å². The number of carboxylic acids is 1. The SMILES string of the molecule is CCCCCCCCCc1ccccc1C[C@@](O)(CCCl)Sc1ccc2c(=O)cc(C(=O)O)oc2c1. The van der Waals surface area contributed by atoms with Crippen LogP contribution >= 0.6 is 23.4 Å². The Labute approximate surface area is 221 Å². The molecular formula is C29H35ClO5S. The summed E-state index contributed by atoms with van der Waals surface area (Å²) in [6.45, 7) is 2.23. The molecule has 3 aromatic rings. The molecule has 0 spiro atoms. The highest BCUT2D eigenvalue weighted by Gasteiger charge is 2.29. The van der Waals surface area contributed by atoms with Gasteiger partial charge in [0.1, 0.15) is 10.5 Å². The van der Waals surface area contributed by atoms with Crippen molar-refractivity contribution < 1.29 is 19.4 Å². The van der Waals surface area contributed by atoms with Gasteiger partial charge in [0.15, 0.2) is 5.43 Å². The number of alkyl halides is 1. The number of hydrogen-bond acceptors (Lipinski definition) is 5. The van der Waals surface area contributed by atoms with Crippen molar-refractivity contribution in [1.82, 2.24) is 0 Å². The Morgan fingerprint density at radius 1 is 1.00 bits per heavy atom. The number of aryl methyl sites for hydroxylation is 1. The van der Waals surface area contributed by atoms with E-state index in [2.05, 4.69) is 19.1 Å². The fraction of sp³-hybridized carbons (Fsp3) is 0.448. The van der Waals surface area contributed by atoms with E-state index in [1.165, 1.54) is 55.9 Å². The summed E-state index contributed by atoms with van der Waals surface area (Å²) < 4.78 is 5.42. The monoisotopic (exact) mass is 530 g/mol. The van der Waals surface area contributed by atoms with Gasteiger partial charge in [0.2, 0.25) is 5.76 Å². The first-order valence-electron chi connectivity index (χ1n) is 12.7. The Bertz CT molecular complexity index is 1210. The summed E-state index contributed by atoms with van der Waals surface area (Å²) in [5.41, 5.74) is 2.11. The second kappa shape index (κ2) is 13.9. The predicted octanol–water partition coefficient (Wildman–Crippen LogP) is 7.44. The molecule has 7 heteroatoms. The lowest BCUT2D eigenvalue weighted by Gasteiger charge is -2.28. The third-order valence-electron chi connectivity index (χ3n) is 6.34. The largest absolute Gasteiger partial charge is 0.475 e. The molecule has 5 nitrogen and oxygen atoms in total. The summed E-state index contributed by atoms with van der Waals surface area (Å²) >= 11 is 7.34. The number of benzene rings is 2. The maximum atomic E-state index is 12.3. The van der Waals surface area contributed by atoms with Gasteiger partial charge in [0, 0.05) is 23.3 Å². The Morgan fingerprint density at radius 2 is 1.69 bits per heavy atom. The first-order chi connectivity index (χ1) is 17.3. The average Bonchev–Trinajstić information content (AvgIpc) is 2.84. The number of aliphatic hydroxyl groups is 1. The number of unbranched alkanes of at least 4 members (excludes halogenated alkanes) is 6. The third-order valence-corrected chi connectivity index (χ3v) is 7.75. The number of halogens is 1. The van der Waals surface area contributed by atoms with Crippen LogP contribution in [0.4, 0.5) is 0 Å². The highest BCUT2D eigenvalue weighted by molar-refractivity contribution is 8.00. The van der Waals surface area contributed by atoms with Crippen LogP contribution in [0, 0.1) is 0 Å². The fourth-order valence-corrected chi connectivity index (χ4v) is 5.99. The highest BCUT2D eigenvalue weighted by Crippen LogP contribution is 2.38. The molecule has 1 heterocycles. The van der Waals surface area contributed by atoms with Gasteiger partial charge in [0.05, 0.1) is 5.39 Å². The smallest absolute Gasteiger partial charge is 0.371 e. The van der Waals surface area contributed by atoms with Crippen LogP contribution < -0.4 is 5.43 Å². The maximum Gasteiger partial charge on any atom is 0.371 e. The lowest BCUT2D eigenvalue weighted by Crippen LogP contribution is -2.28.